The second-order valence-electron chi connectivity index (χ2n) is 9.52. The maximum atomic E-state index is 13.3. The molecule has 192 valence electrons. The van der Waals surface area contributed by atoms with Gasteiger partial charge in [0, 0.05) is 30.2 Å². The van der Waals surface area contributed by atoms with Crippen molar-refractivity contribution in [2.45, 2.75) is 43.6 Å². The Labute approximate surface area is 216 Å². The van der Waals surface area contributed by atoms with E-state index in [-0.39, 0.29) is 56.2 Å². The van der Waals surface area contributed by atoms with E-state index in [0.29, 0.717) is 18.4 Å². The Balaban J connectivity index is 1.20. The van der Waals surface area contributed by atoms with Gasteiger partial charge < -0.3 is 24.8 Å². The van der Waals surface area contributed by atoms with Crippen LogP contribution in [0.2, 0.25) is 0 Å². The van der Waals surface area contributed by atoms with Crippen LogP contribution in [0.5, 0.6) is 0 Å². The zero-order valence-electron chi connectivity index (χ0n) is 20.5. The van der Waals surface area contributed by atoms with Gasteiger partial charge in [-0.25, -0.2) is 0 Å². The van der Waals surface area contributed by atoms with E-state index in [0.717, 1.165) is 16.8 Å². The number of anilines is 1. The van der Waals surface area contributed by atoms with Crippen molar-refractivity contribution < 1.29 is 24.2 Å². The van der Waals surface area contributed by atoms with Crippen LogP contribution in [0, 0.1) is 0 Å². The lowest BCUT2D eigenvalue weighted by Gasteiger charge is -2.44. The number of fused-ring (bicyclic) bond motifs is 1. The molecule has 0 spiro atoms. The van der Waals surface area contributed by atoms with Gasteiger partial charge in [-0.2, -0.15) is 0 Å². The first kappa shape index (κ1) is 25.1. The summed E-state index contributed by atoms with van der Waals surface area (Å²) < 4.78 is 12.0. The van der Waals surface area contributed by atoms with Crippen molar-refractivity contribution in [3.8, 4) is 11.1 Å². The van der Waals surface area contributed by atoms with Crippen molar-refractivity contribution in [3.05, 3.63) is 84.7 Å². The minimum Gasteiger partial charge on any atom is -0.389 e. The Morgan fingerprint density at radius 2 is 1.68 bits per heavy atom. The number of benzene rings is 2. The third kappa shape index (κ3) is 6.22. The topological polar surface area (TPSA) is 101 Å². The van der Waals surface area contributed by atoms with Crippen LogP contribution in [0.15, 0.2) is 79.1 Å². The van der Waals surface area contributed by atoms with Crippen LogP contribution in [-0.4, -0.2) is 70.9 Å². The van der Waals surface area contributed by atoms with Crippen molar-refractivity contribution in [2.75, 3.05) is 25.1 Å². The van der Waals surface area contributed by atoms with Crippen molar-refractivity contribution in [3.63, 3.8) is 0 Å². The summed E-state index contributed by atoms with van der Waals surface area (Å²) in [6.45, 7) is 0.535. The summed E-state index contributed by atoms with van der Waals surface area (Å²) >= 11 is 0. The standard InChI is InChI=1S/C29H31N3O5/c33-24-17-32(29(35)22-12-14-30-15-13-22)26-11-10-25(37-27(26)19-36-18-24)16-28(34)31-23-8-6-21(7-9-23)20-4-2-1-3-5-20/h1-9,12-15,24-27,33H,10-11,16-19H2,(H,31,34)/t24-,25-,26-,27+/m0/s1. The minimum atomic E-state index is -0.775. The summed E-state index contributed by atoms with van der Waals surface area (Å²) in [4.78, 5) is 31.7. The first-order valence-electron chi connectivity index (χ1n) is 12.6. The van der Waals surface area contributed by atoms with Crippen LogP contribution in [-0.2, 0) is 14.3 Å². The van der Waals surface area contributed by atoms with Crippen LogP contribution in [0.4, 0.5) is 5.69 Å². The number of hydrogen-bond donors (Lipinski definition) is 2. The Hall–Kier alpha value is -3.59. The lowest BCUT2D eigenvalue weighted by molar-refractivity contribution is -0.149. The maximum absolute atomic E-state index is 13.3. The highest BCUT2D eigenvalue weighted by Gasteiger charge is 2.40. The van der Waals surface area contributed by atoms with Gasteiger partial charge >= 0.3 is 0 Å². The average molecular weight is 502 g/mol. The molecule has 5 rings (SSSR count). The largest absolute Gasteiger partial charge is 0.389 e. The van der Waals surface area contributed by atoms with Crippen molar-refractivity contribution in [1.82, 2.24) is 9.88 Å². The number of rotatable bonds is 5. The van der Waals surface area contributed by atoms with E-state index < -0.39 is 6.10 Å². The molecule has 3 heterocycles. The molecule has 2 aliphatic rings. The Bertz CT molecular complexity index is 1190. The molecule has 2 aromatic carbocycles. The van der Waals surface area contributed by atoms with Crippen molar-refractivity contribution in [2.24, 2.45) is 0 Å². The first-order chi connectivity index (χ1) is 18.1. The lowest BCUT2D eigenvalue weighted by atomic mass is 9.94. The second-order valence-corrected chi connectivity index (χ2v) is 9.52. The number of amides is 2. The molecular weight excluding hydrogens is 470 g/mol. The van der Waals surface area contributed by atoms with Gasteiger partial charge in [-0.1, -0.05) is 42.5 Å². The number of nitrogens with zero attached hydrogens (tertiary/aromatic N) is 2. The normalized spacial score (nSPS) is 23.9. The number of aliphatic hydroxyl groups excluding tert-OH is 1. The number of carbonyl (C=O) groups excluding carboxylic acids is 2. The molecule has 2 aliphatic heterocycles. The SMILES string of the molecule is O=C(C[C@@H]1CC[C@H]2[C@@H](COC[C@@H](O)CN2C(=O)c2ccncc2)O1)Nc1ccc(-c2ccccc2)cc1. The third-order valence-electron chi connectivity index (χ3n) is 6.86. The molecule has 0 unspecified atom stereocenters. The summed E-state index contributed by atoms with van der Waals surface area (Å²) in [7, 11) is 0. The van der Waals surface area contributed by atoms with Crippen LogP contribution in [0.1, 0.15) is 29.6 Å². The Kier molecular flexibility index (Phi) is 7.89. The van der Waals surface area contributed by atoms with Gasteiger partial charge in [-0.05, 0) is 48.2 Å². The summed E-state index contributed by atoms with van der Waals surface area (Å²) in [5.74, 6) is -0.292. The number of aliphatic hydroxyl groups is 1. The first-order valence-corrected chi connectivity index (χ1v) is 12.6. The molecule has 1 aromatic heterocycles. The molecule has 2 saturated heterocycles. The molecule has 2 amide bonds. The number of aromatic nitrogens is 1. The second kappa shape index (κ2) is 11.6. The Morgan fingerprint density at radius 3 is 2.43 bits per heavy atom. The minimum absolute atomic E-state index is 0.122. The van der Waals surface area contributed by atoms with E-state index in [2.05, 4.69) is 10.3 Å². The summed E-state index contributed by atoms with van der Waals surface area (Å²) in [5.41, 5.74) is 3.45. The molecule has 0 saturated carbocycles. The molecule has 37 heavy (non-hydrogen) atoms. The van der Waals surface area contributed by atoms with Crippen LogP contribution < -0.4 is 5.32 Å². The van der Waals surface area contributed by atoms with Gasteiger partial charge in [0.05, 0.1) is 37.9 Å². The van der Waals surface area contributed by atoms with E-state index >= 15 is 0 Å². The zero-order chi connectivity index (χ0) is 25.6. The van der Waals surface area contributed by atoms with Gasteiger partial charge in [0.25, 0.3) is 5.91 Å². The third-order valence-corrected chi connectivity index (χ3v) is 6.86. The quantitative estimate of drug-likeness (QED) is 0.555. The summed E-state index contributed by atoms with van der Waals surface area (Å²) in [6, 6.07) is 20.9. The molecule has 2 fully saturated rings. The van der Waals surface area contributed by atoms with E-state index in [1.54, 1.807) is 29.4 Å². The van der Waals surface area contributed by atoms with Crippen LogP contribution in [0.3, 0.4) is 0 Å². The summed E-state index contributed by atoms with van der Waals surface area (Å²) in [5, 5.41) is 13.3. The smallest absolute Gasteiger partial charge is 0.254 e. The highest BCUT2D eigenvalue weighted by Crippen LogP contribution is 2.29. The molecule has 4 atom stereocenters. The molecule has 8 heteroatoms. The predicted molar refractivity (Wildman–Crippen MR) is 139 cm³/mol. The average Bonchev–Trinajstić information content (AvgIpc) is 2.92. The number of hydrogen-bond acceptors (Lipinski definition) is 6. The highest BCUT2D eigenvalue weighted by atomic mass is 16.5. The molecule has 0 radical (unpaired) electrons. The van der Waals surface area contributed by atoms with Gasteiger partial charge in [0.2, 0.25) is 5.91 Å². The fourth-order valence-electron chi connectivity index (χ4n) is 5.03. The van der Waals surface area contributed by atoms with E-state index in [1.807, 2.05) is 54.6 Å². The van der Waals surface area contributed by atoms with Crippen LogP contribution >= 0.6 is 0 Å². The van der Waals surface area contributed by atoms with E-state index in [1.165, 1.54) is 0 Å². The number of pyridine rings is 1. The molecule has 0 aliphatic carbocycles. The molecule has 2 N–H and O–H groups in total. The predicted octanol–water partition coefficient (Wildman–Crippen LogP) is 3.53. The van der Waals surface area contributed by atoms with E-state index in [9.17, 15) is 14.7 Å². The zero-order valence-corrected chi connectivity index (χ0v) is 20.5. The molecular formula is C29H31N3O5. The number of carbonyl (C=O) groups is 2. The molecule has 8 nitrogen and oxygen atoms in total. The maximum Gasteiger partial charge on any atom is 0.254 e. The van der Waals surface area contributed by atoms with E-state index in [4.69, 9.17) is 9.47 Å². The fourth-order valence-corrected chi connectivity index (χ4v) is 5.03. The Morgan fingerprint density at radius 1 is 0.946 bits per heavy atom. The monoisotopic (exact) mass is 501 g/mol. The van der Waals surface area contributed by atoms with Crippen LogP contribution in [0.25, 0.3) is 11.1 Å². The van der Waals surface area contributed by atoms with Crippen molar-refractivity contribution >= 4 is 17.5 Å². The number of β-amino-alcohol motifs (C(OH)–C–C–N with tert-alkyl or cyclic N) is 1. The van der Waals surface area contributed by atoms with Crippen molar-refractivity contribution in [1.29, 1.82) is 0 Å². The van der Waals surface area contributed by atoms with Gasteiger partial charge in [-0.3, -0.25) is 14.6 Å². The van der Waals surface area contributed by atoms with Gasteiger partial charge in [0.15, 0.2) is 0 Å². The fraction of sp³-hybridized carbons (Fsp3) is 0.345. The molecule has 3 aromatic rings. The molecule has 0 bridgehead atoms. The summed E-state index contributed by atoms with van der Waals surface area (Å²) in [6.07, 6.45) is 3.21. The van der Waals surface area contributed by atoms with Gasteiger partial charge in [0.1, 0.15) is 6.10 Å². The van der Waals surface area contributed by atoms with Gasteiger partial charge in [-0.15, -0.1) is 0 Å². The highest BCUT2D eigenvalue weighted by molar-refractivity contribution is 5.94. The number of nitrogens with one attached hydrogen (secondary N) is 1. The lowest BCUT2D eigenvalue weighted by Crippen LogP contribution is -2.57. The number of ether oxygens (including phenoxy) is 2.